The van der Waals surface area contributed by atoms with Crippen LogP contribution in [0.1, 0.15) is 62.9 Å². The molecule has 1 saturated carbocycles. The predicted molar refractivity (Wildman–Crippen MR) is 129 cm³/mol. The van der Waals surface area contributed by atoms with E-state index in [9.17, 15) is 4.79 Å². The number of pyridine rings is 1. The number of nitrogens with zero attached hydrogens (tertiary/aromatic N) is 2. The van der Waals surface area contributed by atoms with Crippen LogP contribution in [0.2, 0.25) is 0 Å². The van der Waals surface area contributed by atoms with Crippen molar-refractivity contribution in [2.75, 3.05) is 33.4 Å². The molecule has 1 N–H and O–H groups in total. The average molecular weight is 456 g/mol. The summed E-state index contributed by atoms with van der Waals surface area (Å²) in [7, 11) is 1.65. The smallest absolute Gasteiger partial charge is 0.273 e. The number of methoxy groups -OCH3 is 1. The number of para-hydroxylation sites is 1. The number of fused-ring (bicyclic) bond motifs is 1. The van der Waals surface area contributed by atoms with Gasteiger partial charge in [-0.05, 0) is 51.7 Å². The molecule has 180 valence electrons. The zero-order valence-corrected chi connectivity index (χ0v) is 20.1. The molecule has 2 fully saturated rings. The first-order valence-electron chi connectivity index (χ1n) is 12.3. The van der Waals surface area contributed by atoms with Crippen LogP contribution in [0, 0.1) is 0 Å². The SMILES string of the molecule is COCCOc1cc(C(=O)N(C(C)C)C2CNC2)nc2c(OC3CCCCCC3)cccc12. The van der Waals surface area contributed by atoms with Crippen LogP contribution in [-0.2, 0) is 4.74 Å². The molecule has 1 saturated heterocycles. The zero-order chi connectivity index (χ0) is 23.2. The standard InChI is InChI=1S/C26H37N3O4/c1-18(2)29(19-16-27-17-19)26(30)22-15-24(32-14-13-31-3)21-11-8-12-23(25(21)28-22)33-20-9-6-4-5-7-10-20/h8,11-12,15,18-20,27H,4-7,9-10,13-14,16-17H2,1-3H3. The van der Waals surface area contributed by atoms with Gasteiger partial charge in [0.25, 0.3) is 5.91 Å². The first kappa shape index (κ1) is 23.8. The Morgan fingerprint density at radius 2 is 1.88 bits per heavy atom. The van der Waals surface area contributed by atoms with Gasteiger partial charge in [0.1, 0.15) is 29.3 Å². The molecule has 2 aromatic rings. The molecule has 2 heterocycles. The van der Waals surface area contributed by atoms with Crippen LogP contribution in [0.5, 0.6) is 11.5 Å². The number of carbonyl (C=O) groups excluding carboxylic acids is 1. The van der Waals surface area contributed by atoms with Gasteiger partial charge >= 0.3 is 0 Å². The van der Waals surface area contributed by atoms with Gasteiger partial charge in [0.15, 0.2) is 0 Å². The molecule has 33 heavy (non-hydrogen) atoms. The van der Waals surface area contributed by atoms with Gasteiger partial charge in [-0.2, -0.15) is 0 Å². The molecule has 0 bridgehead atoms. The summed E-state index contributed by atoms with van der Waals surface area (Å²) in [5, 5.41) is 4.12. The predicted octanol–water partition coefficient (Wildman–Crippen LogP) is 4.18. The van der Waals surface area contributed by atoms with Gasteiger partial charge < -0.3 is 24.4 Å². The van der Waals surface area contributed by atoms with Gasteiger partial charge in [-0.15, -0.1) is 0 Å². The van der Waals surface area contributed by atoms with Crippen molar-refractivity contribution in [1.29, 1.82) is 0 Å². The zero-order valence-electron chi connectivity index (χ0n) is 20.1. The number of hydrogen-bond donors (Lipinski definition) is 1. The minimum Gasteiger partial charge on any atom is -0.490 e. The Morgan fingerprint density at radius 1 is 1.12 bits per heavy atom. The summed E-state index contributed by atoms with van der Waals surface area (Å²) in [4.78, 5) is 20.4. The second kappa shape index (κ2) is 11.2. The number of nitrogens with one attached hydrogen (secondary N) is 1. The summed E-state index contributed by atoms with van der Waals surface area (Å²) in [6.07, 6.45) is 7.22. The van der Waals surface area contributed by atoms with E-state index in [2.05, 4.69) is 5.32 Å². The number of aromatic nitrogens is 1. The van der Waals surface area contributed by atoms with Crippen molar-refractivity contribution in [3.05, 3.63) is 30.0 Å². The minimum absolute atomic E-state index is 0.0701. The van der Waals surface area contributed by atoms with Gasteiger partial charge in [0, 0.05) is 37.7 Å². The highest BCUT2D eigenvalue weighted by atomic mass is 16.5. The Balaban J connectivity index is 1.72. The van der Waals surface area contributed by atoms with Crippen LogP contribution in [0.25, 0.3) is 10.9 Å². The molecule has 1 aromatic heterocycles. The largest absolute Gasteiger partial charge is 0.490 e. The van der Waals surface area contributed by atoms with Crippen molar-refractivity contribution in [2.24, 2.45) is 0 Å². The molecule has 7 nitrogen and oxygen atoms in total. The molecule has 0 atom stereocenters. The third kappa shape index (κ3) is 5.58. The molecule has 0 spiro atoms. The third-order valence-electron chi connectivity index (χ3n) is 6.57. The summed E-state index contributed by atoms with van der Waals surface area (Å²) in [6.45, 7) is 6.59. The highest BCUT2D eigenvalue weighted by Crippen LogP contribution is 2.34. The lowest BCUT2D eigenvalue weighted by Crippen LogP contribution is -2.60. The molecular weight excluding hydrogens is 418 g/mol. The molecular formula is C26H37N3O4. The van der Waals surface area contributed by atoms with Crippen LogP contribution in [0.15, 0.2) is 24.3 Å². The Kier molecular flexibility index (Phi) is 8.04. The molecule has 1 amide bonds. The Bertz CT molecular complexity index is 937. The fraction of sp³-hybridized carbons (Fsp3) is 0.615. The van der Waals surface area contributed by atoms with Gasteiger partial charge in [0.05, 0.1) is 18.8 Å². The van der Waals surface area contributed by atoms with Crippen molar-refractivity contribution in [3.63, 3.8) is 0 Å². The Hall–Kier alpha value is -2.38. The second-order valence-electron chi connectivity index (χ2n) is 9.35. The van der Waals surface area contributed by atoms with Gasteiger partial charge in [-0.25, -0.2) is 4.98 Å². The van der Waals surface area contributed by atoms with E-state index in [0.717, 1.165) is 37.1 Å². The highest BCUT2D eigenvalue weighted by Gasteiger charge is 2.32. The molecule has 2 aliphatic rings. The number of carbonyl (C=O) groups is 1. The minimum atomic E-state index is -0.0701. The van der Waals surface area contributed by atoms with E-state index in [1.165, 1.54) is 25.7 Å². The molecule has 7 heteroatoms. The van der Waals surface area contributed by atoms with Crippen LogP contribution in [0.4, 0.5) is 0 Å². The van der Waals surface area contributed by atoms with Crippen molar-refractivity contribution in [3.8, 4) is 11.5 Å². The van der Waals surface area contributed by atoms with E-state index >= 15 is 0 Å². The van der Waals surface area contributed by atoms with E-state index in [1.807, 2.05) is 36.9 Å². The van der Waals surface area contributed by atoms with E-state index in [0.29, 0.717) is 30.2 Å². The van der Waals surface area contributed by atoms with Gasteiger partial charge in [-0.3, -0.25) is 4.79 Å². The van der Waals surface area contributed by atoms with Crippen molar-refractivity contribution in [1.82, 2.24) is 15.2 Å². The normalized spacial score (nSPS) is 17.6. The maximum Gasteiger partial charge on any atom is 0.273 e. The third-order valence-corrected chi connectivity index (χ3v) is 6.57. The number of hydrogen-bond acceptors (Lipinski definition) is 6. The van der Waals surface area contributed by atoms with E-state index in [1.54, 1.807) is 13.2 Å². The topological polar surface area (TPSA) is 72.9 Å². The average Bonchev–Trinajstić information content (AvgIpc) is 3.04. The van der Waals surface area contributed by atoms with Gasteiger partial charge in [-0.1, -0.05) is 18.9 Å². The number of rotatable bonds is 9. The Labute approximate surface area is 196 Å². The number of amides is 1. The van der Waals surface area contributed by atoms with E-state index < -0.39 is 0 Å². The van der Waals surface area contributed by atoms with Crippen LogP contribution < -0.4 is 14.8 Å². The van der Waals surface area contributed by atoms with Gasteiger partial charge in [0.2, 0.25) is 0 Å². The molecule has 1 aromatic carbocycles. The lowest BCUT2D eigenvalue weighted by molar-refractivity contribution is 0.0526. The number of ether oxygens (including phenoxy) is 3. The van der Waals surface area contributed by atoms with Crippen LogP contribution in [0.3, 0.4) is 0 Å². The summed E-state index contributed by atoms with van der Waals surface area (Å²) < 4.78 is 17.7. The van der Waals surface area contributed by atoms with E-state index in [4.69, 9.17) is 19.2 Å². The van der Waals surface area contributed by atoms with E-state index in [-0.39, 0.29) is 24.1 Å². The quantitative estimate of drug-likeness (QED) is 0.452. The lowest BCUT2D eigenvalue weighted by atomic mass is 10.1. The summed E-state index contributed by atoms with van der Waals surface area (Å²) in [5.74, 6) is 1.30. The Morgan fingerprint density at radius 3 is 2.52 bits per heavy atom. The lowest BCUT2D eigenvalue weighted by Gasteiger charge is -2.40. The second-order valence-corrected chi connectivity index (χ2v) is 9.35. The molecule has 1 aliphatic heterocycles. The fourth-order valence-electron chi connectivity index (χ4n) is 4.71. The molecule has 0 radical (unpaired) electrons. The number of benzene rings is 1. The summed E-state index contributed by atoms with van der Waals surface area (Å²) in [6, 6.07) is 7.96. The monoisotopic (exact) mass is 455 g/mol. The summed E-state index contributed by atoms with van der Waals surface area (Å²) >= 11 is 0. The molecule has 4 rings (SSSR count). The maximum absolute atomic E-state index is 13.6. The first-order valence-corrected chi connectivity index (χ1v) is 12.3. The fourth-order valence-corrected chi connectivity index (χ4v) is 4.71. The maximum atomic E-state index is 13.6. The van der Waals surface area contributed by atoms with Crippen molar-refractivity contribution >= 4 is 16.8 Å². The van der Waals surface area contributed by atoms with Crippen LogP contribution >= 0.6 is 0 Å². The highest BCUT2D eigenvalue weighted by molar-refractivity contribution is 5.99. The molecule has 0 unspecified atom stereocenters. The van der Waals surface area contributed by atoms with Crippen LogP contribution in [-0.4, -0.2) is 67.4 Å². The first-order chi connectivity index (χ1) is 16.1. The van der Waals surface area contributed by atoms with Crippen molar-refractivity contribution in [2.45, 2.75) is 70.6 Å². The summed E-state index contributed by atoms with van der Waals surface area (Å²) in [5.41, 5.74) is 1.09. The molecule has 1 aliphatic carbocycles. The van der Waals surface area contributed by atoms with Crippen molar-refractivity contribution < 1.29 is 19.0 Å².